The fraction of sp³-hybridized carbons (Fsp3) is 1.00. The van der Waals surface area contributed by atoms with Crippen LogP contribution in [0.4, 0.5) is 0 Å². The van der Waals surface area contributed by atoms with Crippen molar-refractivity contribution < 1.29 is 0 Å². The second kappa shape index (κ2) is 3.14. The summed E-state index contributed by atoms with van der Waals surface area (Å²) >= 11 is 2.08. The van der Waals surface area contributed by atoms with Gasteiger partial charge in [-0.25, -0.2) is 0 Å². The molecule has 0 aromatic carbocycles. The maximum atomic E-state index is 3.38. The summed E-state index contributed by atoms with van der Waals surface area (Å²) in [6.07, 6.45) is 1.33. The minimum Gasteiger partial charge on any atom is -0.316 e. The number of rotatable bonds is 1. The Hall–Kier alpha value is 0.310. The Balaban J connectivity index is 2.51. The molecule has 1 nitrogen and oxygen atoms in total. The van der Waals surface area contributed by atoms with Crippen LogP contribution in [-0.2, 0) is 0 Å². The summed E-state index contributed by atoms with van der Waals surface area (Å²) in [5.41, 5.74) is 0.498. The van der Waals surface area contributed by atoms with Gasteiger partial charge in [-0.15, -0.1) is 0 Å². The predicted octanol–water partition coefficient (Wildman–Crippen LogP) is 1.74. The molecule has 0 radical (unpaired) electrons. The Labute approximate surface area is 68.0 Å². The van der Waals surface area contributed by atoms with Gasteiger partial charge in [-0.2, -0.15) is 11.8 Å². The summed E-state index contributed by atoms with van der Waals surface area (Å²) < 4.78 is 0. The summed E-state index contributed by atoms with van der Waals surface area (Å²) in [7, 11) is 2.07. The second-order valence-electron chi connectivity index (χ2n) is 3.67. The third-order valence-electron chi connectivity index (χ3n) is 2.32. The fourth-order valence-corrected chi connectivity index (χ4v) is 2.84. The van der Waals surface area contributed by atoms with E-state index in [1.807, 2.05) is 0 Å². The maximum Gasteiger partial charge on any atom is 0.0131 e. The molecule has 1 unspecified atom stereocenters. The van der Waals surface area contributed by atoms with Gasteiger partial charge < -0.3 is 5.32 Å². The average Bonchev–Trinajstić information content (AvgIpc) is 1.87. The van der Waals surface area contributed by atoms with Crippen LogP contribution in [0.1, 0.15) is 20.3 Å². The van der Waals surface area contributed by atoms with E-state index in [1.165, 1.54) is 17.9 Å². The molecule has 1 fully saturated rings. The van der Waals surface area contributed by atoms with E-state index in [-0.39, 0.29) is 0 Å². The van der Waals surface area contributed by atoms with E-state index in [4.69, 9.17) is 0 Å². The van der Waals surface area contributed by atoms with Crippen LogP contribution in [0.3, 0.4) is 0 Å². The van der Waals surface area contributed by atoms with E-state index in [0.29, 0.717) is 5.41 Å². The summed E-state index contributed by atoms with van der Waals surface area (Å²) in [4.78, 5) is 0. The predicted molar refractivity (Wildman–Crippen MR) is 48.6 cm³/mol. The van der Waals surface area contributed by atoms with Gasteiger partial charge in [-0.3, -0.25) is 0 Å². The SMILES string of the molecule is CNC1CCSCC1(C)C. The van der Waals surface area contributed by atoms with Gasteiger partial charge in [0.2, 0.25) is 0 Å². The maximum absolute atomic E-state index is 3.38. The largest absolute Gasteiger partial charge is 0.316 e. The van der Waals surface area contributed by atoms with Crippen molar-refractivity contribution in [3.05, 3.63) is 0 Å². The first-order valence-corrected chi connectivity index (χ1v) is 5.07. The molecule has 0 spiro atoms. The smallest absolute Gasteiger partial charge is 0.0131 e. The van der Waals surface area contributed by atoms with Gasteiger partial charge in [0.15, 0.2) is 0 Å². The molecule has 1 aliphatic heterocycles. The lowest BCUT2D eigenvalue weighted by Gasteiger charge is -2.37. The van der Waals surface area contributed by atoms with E-state index in [2.05, 4.69) is 38.0 Å². The zero-order valence-corrected chi connectivity index (χ0v) is 7.92. The average molecular weight is 159 g/mol. The van der Waals surface area contributed by atoms with Crippen molar-refractivity contribution in [2.45, 2.75) is 26.3 Å². The van der Waals surface area contributed by atoms with Crippen molar-refractivity contribution in [1.82, 2.24) is 5.32 Å². The van der Waals surface area contributed by atoms with Gasteiger partial charge in [0.1, 0.15) is 0 Å². The van der Waals surface area contributed by atoms with Crippen LogP contribution in [0, 0.1) is 5.41 Å². The van der Waals surface area contributed by atoms with Gasteiger partial charge >= 0.3 is 0 Å². The highest BCUT2D eigenvalue weighted by Gasteiger charge is 2.30. The topological polar surface area (TPSA) is 12.0 Å². The summed E-state index contributed by atoms with van der Waals surface area (Å²) in [6, 6.07) is 0.730. The van der Waals surface area contributed by atoms with E-state index < -0.39 is 0 Å². The highest BCUT2D eigenvalue weighted by molar-refractivity contribution is 7.99. The van der Waals surface area contributed by atoms with Crippen molar-refractivity contribution in [1.29, 1.82) is 0 Å². The third-order valence-corrected chi connectivity index (χ3v) is 3.79. The molecule has 1 saturated heterocycles. The highest BCUT2D eigenvalue weighted by atomic mass is 32.2. The number of hydrogen-bond donors (Lipinski definition) is 1. The standard InChI is InChI=1S/C8H17NS/c1-8(2)6-10-5-4-7(8)9-3/h7,9H,4-6H2,1-3H3. The van der Waals surface area contributed by atoms with Gasteiger partial charge in [0.25, 0.3) is 0 Å². The van der Waals surface area contributed by atoms with Crippen molar-refractivity contribution in [2.75, 3.05) is 18.6 Å². The van der Waals surface area contributed by atoms with Gasteiger partial charge in [0.05, 0.1) is 0 Å². The van der Waals surface area contributed by atoms with Crippen LogP contribution >= 0.6 is 11.8 Å². The molecule has 2 heteroatoms. The Bertz CT molecular complexity index is 112. The van der Waals surface area contributed by atoms with Crippen molar-refractivity contribution >= 4 is 11.8 Å². The molecular formula is C8H17NS. The molecule has 0 bridgehead atoms. The minimum absolute atomic E-state index is 0.498. The molecule has 10 heavy (non-hydrogen) atoms. The van der Waals surface area contributed by atoms with Gasteiger partial charge in [0, 0.05) is 6.04 Å². The van der Waals surface area contributed by atoms with Crippen LogP contribution in [0.5, 0.6) is 0 Å². The lowest BCUT2D eigenvalue weighted by Crippen LogP contribution is -2.44. The van der Waals surface area contributed by atoms with E-state index in [9.17, 15) is 0 Å². The molecule has 0 aromatic heterocycles. The van der Waals surface area contributed by atoms with Crippen LogP contribution in [0.15, 0.2) is 0 Å². The summed E-state index contributed by atoms with van der Waals surface area (Å²) in [6.45, 7) is 4.70. The monoisotopic (exact) mass is 159 g/mol. The fourth-order valence-electron chi connectivity index (χ4n) is 1.56. The highest BCUT2D eigenvalue weighted by Crippen LogP contribution is 2.33. The Morgan fingerprint density at radius 3 is 2.60 bits per heavy atom. The van der Waals surface area contributed by atoms with Crippen molar-refractivity contribution in [2.24, 2.45) is 5.41 Å². The molecule has 60 valence electrons. The lowest BCUT2D eigenvalue weighted by atomic mass is 9.84. The third kappa shape index (κ3) is 1.67. The molecule has 0 saturated carbocycles. The van der Waals surface area contributed by atoms with Crippen LogP contribution in [0.2, 0.25) is 0 Å². The second-order valence-corrected chi connectivity index (χ2v) is 4.78. The van der Waals surface area contributed by atoms with E-state index in [0.717, 1.165) is 6.04 Å². The zero-order valence-electron chi connectivity index (χ0n) is 7.11. The molecular weight excluding hydrogens is 142 g/mol. The first-order valence-electron chi connectivity index (χ1n) is 3.92. The molecule has 1 rings (SSSR count). The zero-order chi connectivity index (χ0) is 7.61. The molecule has 0 aromatic rings. The Kier molecular flexibility index (Phi) is 2.64. The van der Waals surface area contributed by atoms with Gasteiger partial charge in [-0.1, -0.05) is 13.8 Å². The van der Waals surface area contributed by atoms with Crippen molar-refractivity contribution in [3.8, 4) is 0 Å². The van der Waals surface area contributed by atoms with E-state index in [1.54, 1.807) is 0 Å². The molecule has 1 aliphatic rings. The first kappa shape index (κ1) is 8.41. The number of nitrogens with one attached hydrogen (secondary N) is 1. The van der Waals surface area contributed by atoms with E-state index >= 15 is 0 Å². The quantitative estimate of drug-likeness (QED) is 0.625. The van der Waals surface area contributed by atoms with Gasteiger partial charge in [-0.05, 0) is 30.4 Å². The molecule has 0 aliphatic carbocycles. The Morgan fingerprint density at radius 1 is 1.50 bits per heavy atom. The molecule has 0 amide bonds. The van der Waals surface area contributed by atoms with Crippen LogP contribution in [0.25, 0.3) is 0 Å². The van der Waals surface area contributed by atoms with Crippen molar-refractivity contribution in [3.63, 3.8) is 0 Å². The molecule has 1 heterocycles. The lowest BCUT2D eigenvalue weighted by molar-refractivity contribution is 0.275. The number of thioether (sulfide) groups is 1. The molecule has 1 atom stereocenters. The normalized spacial score (nSPS) is 32.1. The van der Waals surface area contributed by atoms with Crippen LogP contribution < -0.4 is 5.32 Å². The first-order chi connectivity index (χ1) is 4.67. The molecule has 1 N–H and O–H groups in total. The minimum atomic E-state index is 0.498. The number of hydrogen-bond acceptors (Lipinski definition) is 2. The summed E-state index contributed by atoms with van der Waals surface area (Å²) in [5.74, 6) is 2.63. The summed E-state index contributed by atoms with van der Waals surface area (Å²) in [5, 5.41) is 3.38. The van der Waals surface area contributed by atoms with Crippen LogP contribution in [-0.4, -0.2) is 24.6 Å². The Morgan fingerprint density at radius 2 is 2.20 bits per heavy atom.